The van der Waals surface area contributed by atoms with Crippen LogP contribution in [0.15, 0.2) is 0 Å². The molecule has 2 aliphatic rings. The van der Waals surface area contributed by atoms with Gasteiger partial charge in [0.15, 0.2) is 0 Å². The van der Waals surface area contributed by atoms with Crippen LogP contribution in [0.1, 0.15) is 46.5 Å². The second kappa shape index (κ2) is 5.25. The average Bonchev–Trinajstić information content (AvgIpc) is 2.65. The van der Waals surface area contributed by atoms with E-state index in [4.69, 9.17) is 4.74 Å². The van der Waals surface area contributed by atoms with Gasteiger partial charge in [0.2, 0.25) is 0 Å². The summed E-state index contributed by atoms with van der Waals surface area (Å²) in [5.74, 6) is 0. The predicted molar refractivity (Wildman–Crippen MR) is 71.3 cm³/mol. The summed E-state index contributed by atoms with van der Waals surface area (Å²) in [6, 6.07) is 0. The van der Waals surface area contributed by atoms with Crippen LogP contribution in [0, 0.1) is 0 Å². The van der Waals surface area contributed by atoms with Gasteiger partial charge in [-0.3, -0.25) is 4.90 Å². The number of nitrogens with zero attached hydrogens (tertiary/aromatic N) is 1. The number of morpholine rings is 1. The van der Waals surface area contributed by atoms with Crippen molar-refractivity contribution in [1.29, 1.82) is 0 Å². The molecule has 0 aliphatic carbocycles. The van der Waals surface area contributed by atoms with Crippen LogP contribution < -0.4 is 5.32 Å². The standard InChI is InChI=1S/C14H28N2O/c1-4-6-14(7-5-8-15-14)12-16-9-10-17-13(2,3)11-16/h15H,4-12H2,1-3H3. The van der Waals surface area contributed by atoms with E-state index in [1.807, 2.05) is 0 Å². The van der Waals surface area contributed by atoms with Gasteiger partial charge in [-0.2, -0.15) is 0 Å². The molecular weight excluding hydrogens is 212 g/mol. The van der Waals surface area contributed by atoms with Crippen LogP contribution in [0.25, 0.3) is 0 Å². The summed E-state index contributed by atoms with van der Waals surface area (Å²) in [6.45, 7) is 12.2. The molecule has 0 aromatic rings. The molecule has 2 aliphatic heterocycles. The Kier molecular flexibility index (Phi) is 4.11. The highest BCUT2D eigenvalue weighted by molar-refractivity contribution is 4.96. The zero-order chi connectivity index (χ0) is 12.4. The van der Waals surface area contributed by atoms with Crippen molar-refractivity contribution in [3.63, 3.8) is 0 Å². The third kappa shape index (κ3) is 3.43. The summed E-state index contributed by atoms with van der Waals surface area (Å²) in [5, 5.41) is 3.76. The van der Waals surface area contributed by atoms with Gasteiger partial charge in [-0.05, 0) is 39.7 Å². The van der Waals surface area contributed by atoms with E-state index in [1.54, 1.807) is 0 Å². The Hall–Kier alpha value is -0.120. The molecular formula is C14H28N2O. The third-order valence-corrected chi connectivity index (χ3v) is 4.09. The Morgan fingerprint density at radius 1 is 1.35 bits per heavy atom. The summed E-state index contributed by atoms with van der Waals surface area (Å²) >= 11 is 0. The van der Waals surface area contributed by atoms with E-state index in [1.165, 1.54) is 38.8 Å². The van der Waals surface area contributed by atoms with E-state index in [-0.39, 0.29) is 5.60 Å². The summed E-state index contributed by atoms with van der Waals surface area (Å²) in [7, 11) is 0. The zero-order valence-electron chi connectivity index (χ0n) is 11.7. The molecule has 0 aromatic carbocycles. The van der Waals surface area contributed by atoms with Crippen molar-refractivity contribution < 1.29 is 4.74 Å². The van der Waals surface area contributed by atoms with Gasteiger partial charge in [-0.1, -0.05) is 13.3 Å². The summed E-state index contributed by atoms with van der Waals surface area (Å²) in [4.78, 5) is 2.59. The molecule has 17 heavy (non-hydrogen) atoms. The fourth-order valence-electron chi connectivity index (χ4n) is 3.45. The average molecular weight is 240 g/mol. The summed E-state index contributed by atoms with van der Waals surface area (Å²) in [5.41, 5.74) is 0.423. The molecule has 2 fully saturated rings. The molecule has 0 bridgehead atoms. The summed E-state index contributed by atoms with van der Waals surface area (Å²) < 4.78 is 5.79. The lowest BCUT2D eigenvalue weighted by molar-refractivity contribution is -0.0910. The number of nitrogens with one attached hydrogen (secondary N) is 1. The molecule has 100 valence electrons. The minimum atomic E-state index is 0.0320. The van der Waals surface area contributed by atoms with Crippen molar-refractivity contribution >= 4 is 0 Å². The lowest BCUT2D eigenvalue weighted by atomic mass is 9.90. The molecule has 0 saturated carbocycles. The van der Waals surface area contributed by atoms with Crippen LogP contribution in [0.3, 0.4) is 0 Å². The Labute approximate surface area is 106 Å². The second-order valence-electron chi connectivity index (χ2n) is 6.38. The van der Waals surface area contributed by atoms with Gasteiger partial charge in [-0.25, -0.2) is 0 Å². The number of rotatable bonds is 4. The van der Waals surface area contributed by atoms with Crippen molar-refractivity contribution in [2.45, 2.75) is 57.6 Å². The number of ether oxygens (including phenoxy) is 1. The SMILES string of the molecule is CCCC1(CN2CCOC(C)(C)C2)CCCN1. The molecule has 0 amide bonds. The fraction of sp³-hybridized carbons (Fsp3) is 1.00. The topological polar surface area (TPSA) is 24.5 Å². The van der Waals surface area contributed by atoms with E-state index in [0.29, 0.717) is 5.54 Å². The second-order valence-corrected chi connectivity index (χ2v) is 6.38. The van der Waals surface area contributed by atoms with Gasteiger partial charge in [-0.15, -0.1) is 0 Å². The molecule has 0 radical (unpaired) electrons. The largest absolute Gasteiger partial charge is 0.373 e. The van der Waals surface area contributed by atoms with Crippen LogP contribution in [0.5, 0.6) is 0 Å². The predicted octanol–water partition coefficient (Wildman–Crippen LogP) is 2.02. The smallest absolute Gasteiger partial charge is 0.0753 e. The molecule has 2 saturated heterocycles. The molecule has 1 N–H and O–H groups in total. The quantitative estimate of drug-likeness (QED) is 0.813. The van der Waals surface area contributed by atoms with Crippen LogP contribution in [-0.4, -0.2) is 48.8 Å². The van der Waals surface area contributed by atoms with Crippen molar-refractivity contribution in [2.24, 2.45) is 0 Å². The first-order chi connectivity index (χ1) is 8.05. The molecule has 0 spiro atoms. The maximum absolute atomic E-state index is 5.79. The van der Waals surface area contributed by atoms with Crippen LogP contribution in [0.4, 0.5) is 0 Å². The van der Waals surface area contributed by atoms with E-state index < -0.39 is 0 Å². The van der Waals surface area contributed by atoms with E-state index in [2.05, 4.69) is 31.0 Å². The first kappa shape index (κ1) is 13.3. The van der Waals surface area contributed by atoms with Gasteiger partial charge in [0.25, 0.3) is 0 Å². The number of hydrogen-bond donors (Lipinski definition) is 1. The zero-order valence-corrected chi connectivity index (χ0v) is 11.7. The van der Waals surface area contributed by atoms with Crippen molar-refractivity contribution in [3.8, 4) is 0 Å². The van der Waals surface area contributed by atoms with Crippen LogP contribution in [0.2, 0.25) is 0 Å². The first-order valence-corrected chi connectivity index (χ1v) is 7.17. The van der Waals surface area contributed by atoms with E-state index in [9.17, 15) is 0 Å². The third-order valence-electron chi connectivity index (χ3n) is 4.09. The highest BCUT2D eigenvalue weighted by Crippen LogP contribution is 2.27. The molecule has 2 heterocycles. The van der Waals surface area contributed by atoms with Crippen molar-refractivity contribution in [2.75, 3.05) is 32.8 Å². The lowest BCUT2D eigenvalue weighted by Gasteiger charge is -2.42. The van der Waals surface area contributed by atoms with Gasteiger partial charge < -0.3 is 10.1 Å². The summed E-state index contributed by atoms with van der Waals surface area (Å²) in [6.07, 6.45) is 5.28. The van der Waals surface area contributed by atoms with Crippen LogP contribution in [-0.2, 0) is 4.74 Å². The maximum atomic E-state index is 5.79. The monoisotopic (exact) mass is 240 g/mol. The first-order valence-electron chi connectivity index (χ1n) is 7.17. The molecule has 3 nitrogen and oxygen atoms in total. The molecule has 1 atom stereocenters. The highest BCUT2D eigenvalue weighted by Gasteiger charge is 2.37. The van der Waals surface area contributed by atoms with Gasteiger partial charge in [0.1, 0.15) is 0 Å². The van der Waals surface area contributed by atoms with Crippen molar-refractivity contribution in [1.82, 2.24) is 10.2 Å². The Bertz CT molecular complexity index is 247. The van der Waals surface area contributed by atoms with Gasteiger partial charge in [0, 0.05) is 25.2 Å². The number of hydrogen-bond acceptors (Lipinski definition) is 3. The van der Waals surface area contributed by atoms with Gasteiger partial charge >= 0.3 is 0 Å². The van der Waals surface area contributed by atoms with Gasteiger partial charge in [0.05, 0.1) is 12.2 Å². The Balaban J connectivity index is 1.93. The maximum Gasteiger partial charge on any atom is 0.0753 e. The minimum absolute atomic E-state index is 0.0320. The molecule has 0 aromatic heterocycles. The van der Waals surface area contributed by atoms with Crippen LogP contribution >= 0.6 is 0 Å². The fourth-order valence-corrected chi connectivity index (χ4v) is 3.45. The van der Waals surface area contributed by atoms with Crippen molar-refractivity contribution in [3.05, 3.63) is 0 Å². The molecule has 1 unspecified atom stereocenters. The Morgan fingerprint density at radius 2 is 2.18 bits per heavy atom. The van der Waals surface area contributed by atoms with E-state index in [0.717, 1.165) is 19.7 Å². The lowest BCUT2D eigenvalue weighted by Crippen LogP contribution is -2.56. The molecule has 2 rings (SSSR count). The normalized spacial score (nSPS) is 34.1. The Morgan fingerprint density at radius 3 is 2.76 bits per heavy atom. The highest BCUT2D eigenvalue weighted by atomic mass is 16.5. The van der Waals surface area contributed by atoms with E-state index >= 15 is 0 Å². The molecule has 3 heteroatoms. The minimum Gasteiger partial charge on any atom is -0.373 e.